The second-order valence-corrected chi connectivity index (χ2v) is 7.47. The van der Waals surface area contributed by atoms with E-state index in [1.807, 2.05) is 36.4 Å². The zero-order valence-electron chi connectivity index (χ0n) is 16.6. The minimum atomic E-state index is -4.43. The Labute approximate surface area is 173 Å². The molecule has 1 fully saturated rings. The lowest BCUT2D eigenvalue weighted by atomic mass is 9.87. The Morgan fingerprint density at radius 2 is 1.70 bits per heavy atom. The summed E-state index contributed by atoms with van der Waals surface area (Å²) in [6.07, 6.45) is 1.05. The molecule has 3 rings (SSSR count). The molecule has 0 aromatic heterocycles. The summed E-state index contributed by atoms with van der Waals surface area (Å²) >= 11 is 0. The number of Topliss-reactive ketones (excluding diaryl/α,β-unsaturated/α-hetero) is 1. The normalized spacial score (nSPS) is 20.3. The molecule has 3 nitrogen and oxygen atoms in total. The molecule has 30 heavy (non-hydrogen) atoms. The molecular formula is C24H23F3O3. The number of benzene rings is 2. The first-order valence-electron chi connectivity index (χ1n) is 9.87. The third kappa shape index (κ3) is 5.38. The van der Waals surface area contributed by atoms with Gasteiger partial charge in [0.05, 0.1) is 5.56 Å². The Balaban J connectivity index is 1.75. The summed E-state index contributed by atoms with van der Waals surface area (Å²) in [6, 6.07) is 13.7. The summed E-state index contributed by atoms with van der Waals surface area (Å²) in [6.45, 7) is 1.34. The van der Waals surface area contributed by atoms with Gasteiger partial charge >= 0.3 is 12.1 Å². The van der Waals surface area contributed by atoms with Crippen molar-refractivity contribution in [3.8, 4) is 0 Å². The minimum absolute atomic E-state index is 0.0541. The lowest BCUT2D eigenvalue weighted by Gasteiger charge is -2.18. The van der Waals surface area contributed by atoms with E-state index in [2.05, 4.69) is 0 Å². The molecule has 0 spiro atoms. The van der Waals surface area contributed by atoms with Gasteiger partial charge in [0.2, 0.25) is 0 Å². The number of esters is 1. The van der Waals surface area contributed by atoms with Crippen LogP contribution < -0.4 is 0 Å². The van der Waals surface area contributed by atoms with E-state index < -0.39 is 23.8 Å². The van der Waals surface area contributed by atoms with Crippen molar-refractivity contribution in [3.05, 3.63) is 83.4 Å². The lowest BCUT2D eigenvalue weighted by molar-refractivity contribution is -0.144. The molecule has 2 aromatic carbocycles. The summed E-state index contributed by atoms with van der Waals surface area (Å²) in [5.74, 6) is -0.912. The number of hydrogen-bond acceptors (Lipinski definition) is 3. The molecule has 0 radical (unpaired) electrons. The number of carbonyl (C=O) groups is 2. The number of alkyl halides is 3. The average Bonchev–Trinajstić information content (AvgIpc) is 3.19. The fraction of sp³-hybridized carbons (Fsp3) is 0.333. The van der Waals surface area contributed by atoms with E-state index in [0.717, 1.165) is 30.5 Å². The Morgan fingerprint density at radius 1 is 1.03 bits per heavy atom. The maximum atomic E-state index is 12.9. The number of halogens is 3. The average molecular weight is 416 g/mol. The van der Waals surface area contributed by atoms with E-state index in [1.54, 1.807) is 6.08 Å². The molecular weight excluding hydrogens is 393 g/mol. The van der Waals surface area contributed by atoms with E-state index in [-0.39, 0.29) is 23.2 Å². The topological polar surface area (TPSA) is 43.4 Å². The lowest BCUT2D eigenvalue weighted by Crippen LogP contribution is -2.18. The van der Waals surface area contributed by atoms with E-state index in [4.69, 9.17) is 4.74 Å². The number of ketones is 1. The Kier molecular flexibility index (Phi) is 6.75. The number of hydrogen-bond donors (Lipinski definition) is 0. The van der Waals surface area contributed by atoms with Crippen molar-refractivity contribution in [1.82, 2.24) is 0 Å². The molecule has 0 heterocycles. The van der Waals surface area contributed by atoms with E-state index in [9.17, 15) is 22.8 Å². The number of allylic oxidation sites excluding steroid dienone is 1. The summed E-state index contributed by atoms with van der Waals surface area (Å²) in [5, 5.41) is 0. The first-order valence-corrected chi connectivity index (χ1v) is 9.87. The minimum Gasteiger partial charge on any atom is -0.453 e. The largest absolute Gasteiger partial charge is 0.453 e. The van der Waals surface area contributed by atoms with Crippen LogP contribution >= 0.6 is 0 Å². The van der Waals surface area contributed by atoms with E-state index >= 15 is 0 Å². The number of carbonyl (C=O) groups excluding carboxylic acids is 2. The van der Waals surface area contributed by atoms with Crippen molar-refractivity contribution in [2.75, 3.05) is 0 Å². The molecule has 0 N–H and O–H groups in total. The van der Waals surface area contributed by atoms with Crippen molar-refractivity contribution in [2.24, 2.45) is 11.8 Å². The third-order valence-corrected chi connectivity index (χ3v) is 5.36. The van der Waals surface area contributed by atoms with E-state index in [1.165, 1.54) is 19.1 Å². The molecule has 1 aliphatic carbocycles. The quantitative estimate of drug-likeness (QED) is 0.322. The zero-order valence-corrected chi connectivity index (χ0v) is 16.6. The van der Waals surface area contributed by atoms with Gasteiger partial charge in [0.1, 0.15) is 6.10 Å². The van der Waals surface area contributed by atoms with Gasteiger partial charge in [-0.1, -0.05) is 55.0 Å². The Hall–Kier alpha value is -2.89. The third-order valence-electron chi connectivity index (χ3n) is 5.36. The standard InChI is InChI=1S/C24H23F3O3/c1-16(28)30-22(18-6-3-2-4-7-18)15-12-17-8-5-9-21(17)23(29)19-10-13-20(14-11-19)24(25,26)27/h2-4,6-7,10-15,17,21-22H,5,8-9H2,1H3/b15-12+/t17-,21+,22?/m1/s1. The van der Waals surface area contributed by atoms with Crippen LogP contribution in [0.1, 0.15) is 53.8 Å². The van der Waals surface area contributed by atoms with Crippen molar-refractivity contribution >= 4 is 11.8 Å². The highest BCUT2D eigenvalue weighted by atomic mass is 19.4. The van der Waals surface area contributed by atoms with Gasteiger partial charge in [-0.3, -0.25) is 9.59 Å². The van der Waals surface area contributed by atoms with Gasteiger partial charge in [-0.15, -0.1) is 0 Å². The molecule has 3 atom stereocenters. The summed E-state index contributed by atoms with van der Waals surface area (Å²) < 4.78 is 43.7. The summed E-state index contributed by atoms with van der Waals surface area (Å²) in [4.78, 5) is 24.4. The van der Waals surface area contributed by atoms with Gasteiger partial charge in [-0.25, -0.2) is 0 Å². The predicted octanol–water partition coefficient (Wildman–Crippen LogP) is 6.17. The van der Waals surface area contributed by atoms with Gasteiger partial charge in [-0.2, -0.15) is 13.2 Å². The van der Waals surface area contributed by atoms with Gasteiger partial charge in [0.25, 0.3) is 0 Å². The van der Waals surface area contributed by atoms with Gasteiger partial charge in [-0.05, 0) is 42.5 Å². The Bertz CT molecular complexity index is 902. The molecule has 0 aliphatic heterocycles. The van der Waals surface area contributed by atoms with Crippen LogP contribution in [0.25, 0.3) is 0 Å². The van der Waals surface area contributed by atoms with Gasteiger partial charge in [0.15, 0.2) is 5.78 Å². The van der Waals surface area contributed by atoms with Crippen LogP contribution in [-0.2, 0) is 15.7 Å². The first-order chi connectivity index (χ1) is 14.3. The van der Waals surface area contributed by atoms with Crippen LogP contribution in [0, 0.1) is 11.8 Å². The summed E-state index contributed by atoms with van der Waals surface area (Å²) in [5.41, 5.74) is 0.342. The molecule has 2 aromatic rings. The molecule has 1 aliphatic rings. The van der Waals surface area contributed by atoms with Crippen molar-refractivity contribution in [1.29, 1.82) is 0 Å². The molecule has 1 unspecified atom stereocenters. The van der Waals surface area contributed by atoms with Crippen molar-refractivity contribution < 1.29 is 27.5 Å². The van der Waals surface area contributed by atoms with Crippen LogP contribution in [0.2, 0.25) is 0 Å². The van der Waals surface area contributed by atoms with Gasteiger partial charge in [0, 0.05) is 18.4 Å². The van der Waals surface area contributed by atoms with Crippen molar-refractivity contribution in [2.45, 2.75) is 38.5 Å². The van der Waals surface area contributed by atoms with Crippen molar-refractivity contribution in [3.63, 3.8) is 0 Å². The van der Waals surface area contributed by atoms with E-state index in [0.29, 0.717) is 6.42 Å². The van der Waals surface area contributed by atoms with Crippen LogP contribution in [0.15, 0.2) is 66.7 Å². The fourth-order valence-corrected chi connectivity index (χ4v) is 3.87. The highest BCUT2D eigenvalue weighted by Gasteiger charge is 2.34. The summed E-state index contributed by atoms with van der Waals surface area (Å²) in [7, 11) is 0. The van der Waals surface area contributed by atoms with Crippen LogP contribution in [0.3, 0.4) is 0 Å². The monoisotopic (exact) mass is 416 g/mol. The molecule has 0 saturated heterocycles. The van der Waals surface area contributed by atoms with Gasteiger partial charge < -0.3 is 4.74 Å². The zero-order chi connectivity index (χ0) is 21.7. The van der Waals surface area contributed by atoms with Crippen LogP contribution in [0.5, 0.6) is 0 Å². The molecule has 6 heteroatoms. The molecule has 1 saturated carbocycles. The predicted molar refractivity (Wildman–Crippen MR) is 107 cm³/mol. The fourth-order valence-electron chi connectivity index (χ4n) is 3.87. The molecule has 0 amide bonds. The maximum absolute atomic E-state index is 12.9. The number of ether oxygens (including phenoxy) is 1. The highest BCUT2D eigenvalue weighted by Crippen LogP contribution is 2.37. The molecule has 158 valence electrons. The maximum Gasteiger partial charge on any atom is 0.416 e. The second-order valence-electron chi connectivity index (χ2n) is 7.47. The number of rotatable bonds is 6. The SMILES string of the molecule is CC(=O)OC(/C=C/[C@H]1CCC[C@@H]1C(=O)c1ccc(C(F)(F)F)cc1)c1ccccc1. The van der Waals surface area contributed by atoms with Crippen LogP contribution in [-0.4, -0.2) is 11.8 Å². The van der Waals surface area contributed by atoms with Crippen LogP contribution in [0.4, 0.5) is 13.2 Å². The smallest absolute Gasteiger partial charge is 0.416 e. The second kappa shape index (κ2) is 9.28. The highest BCUT2D eigenvalue weighted by molar-refractivity contribution is 5.98. The molecule has 0 bridgehead atoms. The Morgan fingerprint density at radius 3 is 2.30 bits per heavy atom. The first kappa shape index (κ1) is 21.8.